The maximum absolute atomic E-state index is 5.12. The zero-order valence-electron chi connectivity index (χ0n) is 25.4. The number of nitrogens with zero attached hydrogens (tertiary/aromatic N) is 3. The molecule has 3 nitrogen and oxygen atoms in total. The van der Waals surface area contributed by atoms with Crippen molar-refractivity contribution >= 4 is 32.6 Å². The van der Waals surface area contributed by atoms with Crippen LogP contribution in [0.3, 0.4) is 0 Å². The Balaban J connectivity index is 1.20. The summed E-state index contributed by atoms with van der Waals surface area (Å²) in [6.45, 7) is 0. The van der Waals surface area contributed by atoms with Crippen molar-refractivity contribution in [3.63, 3.8) is 0 Å². The molecule has 1 aliphatic carbocycles. The van der Waals surface area contributed by atoms with Crippen LogP contribution in [-0.2, 0) is 0 Å². The maximum Gasteiger partial charge on any atom is 0.160 e. The first-order chi connectivity index (χ1) is 23.3. The van der Waals surface area contributed by atoms with E-state index in [1.54, 1.807) is 0 Å². The van der Waals surface area contributed by atoms with Crippen molar-refractivity contribution < 1.29 is 0 Å². The minimum Gasteiger partial charge on any atom is -0.309 e. The van der Waals surface area contributed by atoms with Crippen molar-refractivity contribution in [2.45, 2.75) is 0 Å². The number of para-hydroxylation sites is 1. The van der Waals surface area contributed by atoms with Crippen LogP contribution in [0.5, 0.6) is 0 Å². The van der Waals surface area contributed by atoms with Crippen LogP contribution in [0.2, 0.25) is 0 Å². The Kier molecular flexibility index (Phi) is 5.57. The number of aromatic nitrogens is 3. The molecule has 9 aromatic rings. The minimum atomic E-state index is 0.704. The summed E-state index contributed by atoms with van der Waals surface area (Å²) in [7, 11) is 0. The molecule has 218 valence electrons. The van der Waals surface area contributed by atoms with Gasteiger partial charge < -0.3 is 4.57 Å². The lowest BCUT2D eigenvalue weighted by Gasteiger charge is -2.12. The zero-order valence-corrected chi connectivity index (χ0v) is 25.4. The molecule has 0 unspecified atom stereocenters. The molecule has 0 aliphatic heterocycles. The molecule has 47 heavy (non-hydrogen) atoms. The molecule has 0 saturated carbocycles. The average Bonchev–Trinajstić information content (AvgIpc) is 3.66. The molecule has 3 heteroatoms. The molecular formula is C44H27N3. The molecule has 10 rings (SSSR count). The van der Waals surface area contributed by atoms with Gasteiger partial charge in [0.05, 0.1) is 22.4 Å². The van der Waals surface area contributed by atoms with Gasteiger partial charge in [0.2, 0.25) is 0 Å². The van der Waals surface area contributed by atoms with E-state index in [9.17, 15) is 0 Å². The summed E-state index contributed by atoms with van der Waals surface area (Å²) < 4.78 is 2.40. The van der Waals surface area contributed by atoms with E-state index in [1.165, 1.54) is 54.8 Å². The van der Waals surface area contributed by atoms with Crippen molar-refractivity contribution in [2.24, 2.45) is 0 Å². The fourth-order valence-corrected chi connectivity index (χ4v) is 7.49. The lowest BCUT2D eigenvalue weighted by atomic mass is 9.98. The molecule has 7 aromatic carbocycles. The fraction of sp³-hybridized carbons (Fsp3) is 0. The smallest absolute Gasteiger partial charge is 0.160 e. The van der Waals surface area contributed by atoms with Crippen LogP contribution in [0, 0.1) is 0 Å². The number of rotatable bonds is 4. The van der Waals surface area contributed by atoms with Gasteiger partial charge in [-0.3, -0.25) is 0 Å². The van der Waals surface area contributed by atoms with Crippen molar-refractivity contribution in [3.8, 4) is 61.8 Å². The molecule has 1 aliphatic rings. The third-order valence-corrected chi connectivity index (χ3v) is 9.53. The molecule has 0 atom stereocenters. The first kappa shape index (κ1) is 26.0. The van der Waals surface area contributed by atoms with Gasteiger partial charge in [-0.1, -0.05) is 133 Å². The first-order valence-electron chi connectivity index (χ1n) is 16.0. The van der Waals surface area contributed by atoms with Crippen LogP contribution in [0.25, 0.3) is 94.4 Å². The van der Waals surface area contributed by atoms with Gasteiger partial charge in [0.25, 0.3) is 0 Å². The van der Waals surface area contributed by atoms with E-state index in [-0.39, 0.29) is 0 Å². The predicted molar refractivity (Wildman–Crippen MR) is 195 cm³/mol. The van der Waals surface area contributed by atoms with E-state index in [4.69, 9.17) is 9.97 Å². The summed E-state index contributed by atoms with van der Waals surface area (Å²) in [6.07, 6.45) is 0. The van der Waals surface area contributed by atoms with Crippen molar-refractivity contribution in [1.29, 1.82) is 0 Å². The Morgan fingerprint density at radius 3 is 1.79 bits per heavy atom. The molecule has 0 fully saturated rings. The topological polar surface area (TPSA) is 30.7 Å². The summed E-state index contributed by atoms with van der Waals surface area (Å²) in [5.41, 5.74) is 13.6. The second kappa shape index (κ2) is 10.1. The molecule has 0 bridgehead atoms. The molecule has 0 radical (unpaired) electrons. The van der Waals surface area contributed by atoms with Crippen molar-refractivity contribution in [2.75, 3.05) is 0 Å². The van der Waals surface area contributed by atoms with Gasteiger partial charge in [-0.2, -0.15) is 0 Å². The summed E-state index contributed by atoms with van der Waals surface area (Å²) in [4.78, 5) is 10.2. The molecule has 0 saturated heterocycles. The molecule has 0 N–H and O–H groups in total. The average molecular weight is 598 g/mol. The van der Waals surface area contributed by atoms with Crippen LogP contribution in [0.4, 0.5) is 0 Å². The summed E-state index contributed by atoms with van der Waals surface area (Å²) in [5.74, 6) is 0.704. The van der Waals surface area contributed by atoms with Gasteiger partial charge in [0.15, 0.2) is 5.82 Å². The second-order valence-electron chi connectivity index (χ2n) is 12.2. The van der Waals surface area contributed by atoms with Gasteiger partial charge >= 0.3 is 0 Å². The van der Waals surface area contributed by atoms with Crippen molar-refractivity contribution in [3.05, 3.63) is 164 Å². The van der Waals surface area contributed by atoms with Gasteiger partial charge in [-0.05, 0) is 57.8 Å². The fourth-order valence-electron chi connectivity index (χ4n) is 7.49. The third kappa shape index (κ3) is 3.93. The summed E-state index contributed by atoms with van der Waals surface area (Å²) in [5, 5.41) is 5.18. The highest BCUT2D eigenvalue weighted by Gasteiger charge is 2.26. The summed E-state index contributed by atoms with van der Waals surface area (Å²) >= 11 is 0. The van der Waals surface area contributed by atoms with Crippen LogP contribution in [0.1, 0.15) is 0 Å². The molecule has 0 amide bonds. The van der Waals surface area contributed by atoms with Gasteiger partial charge in [0, 0.05) is 38.7 Å². The number of benzene rings is 7. The van der Waals surface area contributed by atoms with E-state index in [0.29, 0.717) is 5.82 Å². The SMILES string of the molecule is c1ccc(-c2cc(-c3ccccc3)nc(-c3cccc(-n4c5ccccc5c5c6c(ccc54)-c4cccc5cccc-6c45)c3)n2)cc1. The number of hydrogen-bond donors (Lipinski definition) is 0. The Morgan fingerprint density at radius 1 is 0.404 bits per heavy atom. The van der Waals surface area contributed by atoms with Crippen LogP contribution < -0.4 is 0 Å². The van der Waals surface area contributed by atoms with E-state index in [2.05, 4.69) is 156 Å². The number of hydrogen-bond acceptors (Lipinski definition) is 2. The van der Waals surface area contributed by atoms with E-state index < -0.39 is 0 Å². The Labute approximate surface area is 272 Å². The first-order valence-corrected chi connectivity index (χ1v) is 16.0. The van der Waals surface area contributed by atoms with E-state index >= 15 is 0 Å². The summed E-state index contributed by atoms with van der Waals surface area (Å²) in [6, 6.07) is 58.2. The monoisotopic (exact) mass is 597 g/mol. The van der Waals surface area contributed by atoms with Crippen molar-refractivity contribution in [1.82, 2.24) is 14.5 Å². The minimum absolute atomic E-state index is 0.704. The maximum atomic E-state index is 5.12. The molecule has 0 spiro atoms. The van der Waals surface area contributed by atoms with E-state index in [0.717, 1.165) is 33.8 Å². The third-order valence-electron chi connectivity index (χ3n) is 9.53. The zero-order chi connectivity index (χ0) is 30.9. The lowest BCUT2D eigenvalue weighted by molar-refractivity contribution is 1.16. The largest absolute Gasteiger partial charge is 0.309 e. The van der Waals surface area contributed by atoms with Gasteiger partial charge in [-0.25, -0.2) is 9.97 Å². The molecule has 2 aromatic heterocycles. The lowest BCUT2D eigenvalue weighted by Crippen LogP contribution is -1.98. The quantitative estimate of drug-likeness (QED) is 0.202. The van der Waals surface area contributed by atoms with Gasteiger partial charge in [0.1, 0.15) is 0 Å². The Hall–Kier alpha value is -6.32. The second-order valence-corrected chi connectivity index (χ2v) is 12.2. The van der Waals surface area contributed by atoms with E-state index in [1.807, 2.05) is 12.1 Å². The highest BCUT2D eigenvalue weighted by molar-refractivity contribution is 6.26. The van der Waals surface area contributed by atoms with Crippen LogP contribution in [-0.4, -0.2) is 14.5 Å². The standard InChI is InChI=1S/C44H27N3/c1-3-12-28(13-4-1)37-27-38(29-14-5-2-6-15-29)46-44(45-37)31-18-9-19-32(26-31)47-39-23-8-7-20-35(39)43-40(47)25-24-34-33-21-10-16-30-17-11-22-36(41(30)33)42(34)43/h1-27H. The Morgan fingerprint density at radius 2 is 1.04 bits per heavy atom. The predicted octanol–water partition coefficient (Wildman–Crippen LogP) is 11.4. The number of fused-ring (bicyclic) bond motifs is 7. The van der Waals surface area contributed by atoms with Crippen LogP contribution in [0.15, 0.2) is 164 Å². The normalized spacial score (nSPS) is 11.8. The highest BCUT2D eigenvalue weighted by atomic mass is 15.0. The molecule has 2 heterocycles. The highest BCUT2D eigenvalue weighted by Crippen LogP contribution is 2.52. The molecular weight excluding hydrogens is 571 g/mol. The van der Waals surface area contributed by atoms with Crippen LogP contribution >= 0.6 is 0 Å². The Bertz CT molecular complexity index is 2610. The van der Waals surface area contributed by atoms with Gasteiger partial charge in [-0.15, -0.1) is 0 Å².